The highest BCUT2D eigenvalue weighted by Crippen LogP contribution is 2.49. The largest absolute Gasteiger partial charge is 0.490 e. The number of rotatable bonds is 2. The first kappa shape index (κ1) is 15.9. The molecule has 1 saturated heterocycles. The summed E-state index contributed by atoms with van der Waals surface area (Å²) < 4.78 is 6.27. The second-order valence-electron chi connectivity index (χ2n) is 6.49. The highest BCUT2D eigenvalue weighted by Gasteiger charge is 2.45. The van der Waals surface area contributed by atoms with E-state index in [1.807, 2.05) is 24.3 Å². The van der Waals surface area contributed by atoms with Crippen LogP contribution in [-0.4, -0.2) is 19.2 Å². The van der Waals surface area contributed by atoms with Crippen molar-refractivity contribution in [2.24, 2.45) is 5.41 Å². The van der Waals surface area contributed by atoms with Gasteiger partial charge in [0.2, 0.25) is 0 Å². The molecule has 4 rings (SSSR count). The molecule has 0 amide bonds. The molecule has 0 atom stereocenters. The van der Waals surface area contributed by atoms with Crippen LogP contribution in [0.4, 0.5) is 0 Å². The summed E-state index contributed by atoms with van der Waals surface area (Å²) in [5.74, 6) is 0.976. The third kappa shape index (κ3) is 2.80. The number of ether oxygens (including phenoxy) is 1. The maximum absolute atomic E-state index is 6.27. The van der Waals surface area contributed by atoms with Gasteiger partial charge in [-0.05, 0) is 56.3 Å². The minimum Gasteiger partial charge on any atom is -0.490 e. The summed E-state index contributed by atoms with van der Waals surface area (Å²) in [6, 6.07) is 12.2. The molecule has 2 aliphatic rings. The van der Waals surface area contributed by atoms with Crippen LogP contribution in [0, 0.1) is 5.41 Å². The zero-order chi connectivity index (χ0) is 14.3. The fourth-order valence-corrected chi connectivity index (χ4v) is 4.10. The van der Waals surface area contributed by atoms with E-state index < -0.39 is 0 Å². The first-order chi connectivity index (χ1) is 10.3. The summed E-state index contributed by atoms with van der Waals surface area (Å²) in [6.07, 6.45) is 5.37. The number of piperidine rings is 1. The second-order valence-corrected chi connectivity index (χ2v) is 6.90. The lowest BCUT2D eigenvalue weighted by molar-refractivity contribution is -0.0340. The van der Waals surface area contributed by atoms with Crippen LogP contribution in [0.15, 0.2) is 36.4 Å². The molecule has 1 aliphatic carbocycles. The topological polar surface area (TPSA) is 21.3 Å². The molecular formula is C18H21Cl2NO. The molecule has 2 aromatic rings. The van der Waals surface area contributed by atoms with E-state index in [1.54, 1.807) is 0 Å². The fourth-order valence-electron chi connectivity index (χ4n) is 3.87. The van der Waals surface area contributed by atoms with Gasteiger partial charge >= 0.3 is 0 Å². The molecule has 1 spiro atoms. The average molecular weight is 338 g/mol. The van der Waals surface area contributed by atoms with Gasteiger partial charge in [-0.1, -0.05) is 35.9 Å². The van der Waals surface area contributed by atoms with Crippen molar-refractivity contribution in [3.63, 3.8) is 0 Å². The SMILES string of the molecule is Cl.Clc1ccc(OC2CC3(CCNCC3)C2)c2ccccc12. The van der Waals surface area contributed by atoms with Crippen molar-refractivity contribution in [3.8, 4) is 5.75 Å². The zero-order valence-corrected chi connectivity index (χ0v) is 14.1. The quantitative estimate of drug-likeness (QED) is 0.847. The molecule has 1 aliphatic heterocycles. The van der Waals surface area contributed by atoms with E-state index in [2.05, 4.69) is 17.4 Å². The molecule has 1 N–H and O–H groups in total. The van der Waals surface area contributed by atoms with Gasteiger partial charge in [0.25, 0.3) is 0 Å². The van der Waals surface area contributed by atoms with Crippen LogP contribution < -0.4 is 10.1 Å². The molecule has 0 unspecified atom stereocenters. The summed E-state index contributed by atoms with van der Waals surface area (Å²) in [6.45, 7) is 2.33. The Bertz CT molecular complexity index is 659. The third-order valence-electron chi connectivity index (χ3n) is 5.11. The van der Waals surface area contributed by atoms with E-state index in [9.17, 15) is 0 Å². The third-order valence-corrected chi connectivity index (χ3v) is 5.44. The lowest BCUT2D eigenvalue weighted by Crippen LogP contribution is -2.49. The lowest BCUT2D eigenvalue weighted by atomic mass is 9.62. The van der Waals surface area contributed by atoms with E-state index in [1.165, 1.54) is 25.7 Å². The second kappa shape index (κ2) is 6.27. The first-order valence-electron chi connectivity index (χ1n) is 7.80. The lowest BCUT2D eigenvalue weighted by Gasteiger charge is -2.49. The van der Waals surface area contributed by atoms with E-state index in [-0.39, 0.29) is 12.4 Å². The van der Waals surface area contributed by atoms with Gasteiger partial charge in [-0.2, -0.15) is 0 Å². The van der Waals surface area contributed by atoms with Gasteiger partial charge in [0.15, 0.2) is 0 Å². The van der Waals surface area contributed by atoms with Gasteiger partial charge < -0.3 is 10.1 Å². The Kier molecular flexibility index (Phi) is 4.54. The van der Waals surface area contributed by atoms with Gasteiger partial charge in [-0.15, -0.1) is 12.4 Å². The Morgan fingerprint density at radius 3 is 2.41 bits per heavy atom. The van der Waals surface area contributed by atoms with E-state index >= 15 is 0 Å². The standard InChI is InChI=1S/C18H20ClNO.ClH/c19-16-5-6-17(15-4-2-1-3-14(15)16)21-13-11-18(12-13)7-9-20-10-8-18;/h1-6,13,20H,7-12H2;1H. The number of hydrogen-bond donors (Lipinski definition) is 1. The number of halogens is 2. The van der Waals surface area contributed by atoms with Crippen LogP contribution in [0.3, 0.4) is 0 Å². The molecule has 0 radical (unpaired) electrons. The Labute approximate surface area is 142 Å². The number of hydrogen-bond acceptors (Lipinski definition) is 2. The van der Waals surface area contributed by atoms with Crippen molar-refractivity contribution in [3.05, 3.63) is 41.4 Å². The predicted octanol–water partition coefficient (Wildman–Crippen LogP) is 4.83. The van der Waals surface area contributed by atoms with Crippen LogP contribution in [0.1, 0.15) is 25.7 Å². The maximum Gasteiger partial charge on any atom is 0.127 e. The van der Waals surface area contributed by atoms with E-state index in [0.717, 1.165) is 34.6 Å². The normalized spacial score (nSPS) is 20.4. The summed E-state index contributed by atoms with van der Waals surface area (Å²) >= 11 is 6.27. The highest BCUT2D eigenvalue weighted by molar-refractivity contribution is 6.35. The summed E-state index contributed by atoms with van der Waals surface area (Å²) in [4.78, 5) is 0. The first-order valence-corrected chi connectivity index (χ1v) is 8.18. The van der Waals surface area contributed by atoms with E-state index in [4.69, 9.17) is 16.3 Å². The number of fused-ring (bicyclic) bond motifs is 1. The van der Waals surface area contributed by atoms with Crippen molar-refractivity contribution in [1.82, 2.24) is 5.32 Å². The molecule has 4 heteroatoms. The molecule has 1 heterocycles. The highest BCUT2D eigenvalue weighted by atomic mass is 35.5. The van der Waals surface area contributed by atoms with Crippen molar-refractivity contribution in [1.29, 1.82) is 0 Å². The monoisotopic (exact) mass is 337 g/mol. The smallest absolute Gasteiger partial charge is 0.127 e. The van der Waals surface area contributed by atoms with Crippen molar-refractivity contribution in [2.45, 2.75) is 31.8 Å². The molecule has 2 nitrogen and oxygen atoms in total. The molecule has 2 fully saturated rings. The van der Waals surface area contributed by atoms with Gasteiger partial charge in [0, 0.05) is 15.8 Å². The van der Waals surface area contributed by atoms with Crippen molar-refractivity contribution in [2.75, 3.05) is 13.1 Å². The van der Waals surface area contributed by atoms with Crippen LogP contribution in [0.25, 0.3) is 10.8 Å². The molecule has 2 aromatic carbocycles. The molecule has 22 heavy (non-hydrogen) atoms. The summed E-state index contributed by atoms with van der Waals surface area (Å²) in [5.41, 5.74) is 0.554. The molecular weight excluding hydrogens is 317 g/mol. The van der Waals surface area contributed by atoms with Crippen LogP contribution >= 0.6 is 24.0 Å². The molecule has 0 bridgehead atoms. The number of nitrogens with one attached hydrogen (secondary N) is 1. The Morgan fingerprint density at radius 1 is 1.00 bits per heavy atom. The van der Waals surface area contributed by atoms with Gasteiger partial charge in [-0.3, -0.25) is 0 Å². The van der Waals surface area contributed by atoms with Crippen LogP contribution in [0.2, 0.25) is 5.02 Å². The number of benzene rings is 2. The van der Waals surface area contributed by atoms with Crippen LogP contribution in [-0.2, 0) is 0 Å². The van der Waals surface area contributed by atoms with Gasteiger partial charge in [0.1, 0.15) is 5.75 Å². The minimum atomic E-state index is 0. The zero-order valence-electron chi connectivity index (χ0n) is 12.5. The van der Waals surface area contributed by atoms with Crippen molar-refractivity contribution >= 4 is 34.8 Å². The van der Waals surface area contributed by atoms with Gasteiger partial charge in [-0.25, -0.2) is 0 Å². The summed E-state index contributed by atoms with van der Waals surface area (Å²) in [7, 11) is 0. The molecule has 118 valence electrons. The molecule has 0 aromatic heterocycles. The fraction of sp³-hybridized carbons (Fsp3) is 0.444. The molecule has 1 saturated carbocycles. The van der Waals surface area contributed by atoms with Gasteiger partial charge in [0.05, 0.1) is 6.10 Å². The van der Waals surface area contributed by atoms with Crippen LogP contribution in [0.5, 0.6) is 5.75 Å². The van der Waals surface area contributed by atoms with E-state index in [0.29, 0.717) is 11.5 Å². The van der Waals surface area contributed by atoms with Crippen molar-refractivity contribution < 1.29 is 4.74 Å². The summed E-state index contributed by atoms with van der Waals surface area (Å²) in [5, 5.41) is 6.44. The Morgan fingerprint density at radius 2 is 1.68 bits per heavy atom. The Hall–Kier alpha value is -0.960. The predicted molar refractivity (Wildman–Crippen MR) is 94.4 cm³/mol. The average Bonchev–Trinajstić information content (AvgIpc) is 2.50. The minimum absolute atomic E-state index is 0. The Balaban J connectivity index is 0.00000144. The maximum atomic E-state index is 6.27.